The van der Waals surface area contributed by atoms with Crippen molar-refractivity contribution in [3.05, 3.63) is 81.7 Å². The summed E-state index contributed by atoms with van der Waals surface area (Å²) in [5.41, 5.74) is 3.61. The molecule has 0 saturated carbocycles. The van der Waals surface area contributed by atoms with E-state index in [1.54, 1.807) is 13.0 Å². The van der Waals surface area contributed by atoms with Crippen molar-refractivity contribution < 1.29 is 4.79 Å². The van der Waals surface area contributed by atoms with Crippen molar-refractivity contribution >= 4 is 28.6 Å². The fraction of sp³-hybridized carbons (Fsp3) is 0.143. The second-order valence-electron chi connectivity index (χ2n) is 5.97. The maximum Gasteiger partial charge on any atom is 0.251 e. The third-order valence-corrected chi connectivity index (χ3v) is 4.10. The van der Waals surface area contributed by atoms with Gasteiger partial charge in [-0.3, -0.25) is 9.59 Å². The van der Waals surface area contributed by atoms with Gasteiger partial charge in [0.1, 0.15) is 0 Å². The Morgan fingerprint density at radius 2 is 1.88 bits per heavy atom. The molecule has 2 aromatic carbocycles. The van der Waals surface area contributed by atoms with E-state index in [0.717, 1.165) is 10.9 Å². The van der Waals surface area contributed by atoms with Gasteiger partial charge in [0.2, 0.25) is 0 Å². The number of rotatable bonds is 4. The zero-order valence-corrected chi connectivity index (χ0v) is 14.3. The van der Waals surface area contributed by atoms with Crippen LogP contribution in [0.15, 0.2) is 65.0 Å². The number of aryl methyl sites for hydroxylation is 1. The van der Waals surface area contributed by atoms with E-state index in [9.17, 15) is 9.59 Å². The average Bonchev–Trinajstić information content (AvgIpc) is 2.61. The standard InChI is InChI=1S/C21H20N2O2/c1-3-16(12-15-7-5-4-6-8-15)21(25)22-18-10-9-17-11-14(2)20(24)23-19(17)13-18/h4-13H,3H2,1-2H3,(H,22,25)(H,23,24)/b16-12+. The first-order chi connectivity index (χ1) is 12.1. The summed E-state index contributed by atoms with van der Waals surface area (Å²) in [7, 11) is 0. The Morgan fingerprint density at radius 1 is 1.12 bits per heavy atom. The zero-order valence-electron chi connectivity index (χ0n) is 14.3. The van der Waals surface area contributed by atoms with Crippen LogP contribution in [-0.4, -0.2) is 10.9 Å². The van der Waals surface area contributed by atoms with Crippen molar-refractivity contribution in [2.24, 2.45) is 0 Å². The molecule has 4 nitrogen and oxygen atoms in total. The molecule has 1 amide bonds. The summed E-state index contributed by atoms with van der Waals surface area (Å²) >= 11 is 0. The Morgan fingerprint density at radius 3 is 2.60 bits per heavy atom. The highest BCUT2D eigenvalue weighted by atomic mass is 16.1. The second kappa shape index (κ2) is 7.18. The van der Waals surface area contributed by atoms with E-state index in [0.29, 0.717) is 28.8 Å². The van der Waals surface area contributed by atoms with Crippen LogP contribution in [-0.2, 0) is 4.79 Å². The third kappa shape index (κ3) is 3.86. The minimum absolute atomic E-state index is 0.116. The quantitative estimate of drug-likeness (QED) is 0.701. The third-order valence-electron chi connectivity index (χ3n) is 4.10. The molecule has 0 aliphatic carbocycles. The van der Waals surface area contributed by atoms with Crippen molar-refractivity contribution in [2.75, 3.05) is 5.32 Å². The molecule has 0 bridgehead atoms. The van der Waals surface area contributed by atoms with Crippen molar-refractivity contribution in [3.8, 4) is 0 Å². The van der Waals surface area contributed by atoms with Crippen molar-refractivity contribution in [2.45, 2.75) is 20.3 Å². The number of benzene rings is 2. The SMILES string of the molecule is CC/C(=C\c1ccccc1)C(=O)Nc1ccc2cc(C)c(=O)[nH]c2c1. The van der Waals surface area contributed by atoms with Gasteiger partial charge < -0.3 is 10.3 Å². The Kier molecular flexibility index (Phi) is 4.80. The van der Waals surface area contributed by atoms with Gasteiger partial charge >= 0.3 is 0 Å². The number of amides is 1. The summed E-state index contributed by atoms with van der Waals surface area (Å²) < 4.78 is 0. The molecular weight excluding hydrogens is 312 g/mol. The molecule has 3 aromatic rings. The predicted octanol–water partition coefficient (Wildman–Crippen LogP) is 4.27. The molecule has 0 aliphatic heterocycles. The lowest BCUT2D eigenvalue weighted by Gasteiger charge is -2.09. The summed E-state index contributed by atoms with van der Waals surface area (Å²) in [5, 5.41) is 3.85. The molecule has 4 heteroatoms. The smallest absolute Gasteiger partial charge is 0.251 e. The molecule has 0 radical (unpaired) electrons. The lowest BCUT2D eigenvalue weighted by atomic mass is 10.1. The van der Waals surface area contributed by atoms with Crippen LogP contribution < -0.4 is 10.9 Å². The fourth-order valence-corrected chi connectivity index (χ4v) is 2.68. The molecule has 0 aliphatic rings. The summed E-state index contributed by atoms with van der Waals surface area (Å²) in [4.78, 5) is 27.2. The first-order valence-electron chi connectivity index (χ1n) is 8.27. The highest BCUT2D eigenvalue weighted by Crippen LogP contribution is 2.19. The molecule has 2 N–H and O–H groups in total. The van der Waals surface area contributed by atoms with E-state index in [2.05, 4.69) is 10.3 Å². The molecule has 1 aromatic heterocycles. The molecule has 1 heterocycles. The number of carbonyl (C=O) groups is 1. The van der Waals surface area contributed by atoms with Gasteiger partial charge in [0.25, 0.3) is 11.5 Å². The van der Waals surface area contributed by atoms with Gasteiger partial charge in [0, 0.05) is 16.8 Å². The number of aromatic amines is 1. The molecule has 0 unspecified atom stereocenters. The second-order valence-corrected chi connectivity index (χ2v) is 5.97. The maximum absolute atomic E-state index is 12.6. The van der Waals surface area contributed by atoms with Crippen LogP contribution in [0.5, 0.6) is 0 Å². The van der Waals surface area contributed by atoms with E-state index in [-0.39, 0.29) is 11.5 Å². The molecular formula is C21H20N2O2. The first kappa shape index (κ1) is 16.7. The van der Waals surface area contributed by atoms with Gasteiger partial charge in [0.05, 0.1) is 5.52 Å². The number of H-pyrrole nitrogens is 1. The Balaban J connectivity index is 1.86. The zero-order chi connectivity index (χ0) is 17.8. The van der Waals surface area contributed by atoms with Gasteiger partial charge in [0.15, 0.2) is 0 Å². The van der Waals surface area contributed by atoms with E-state index < -0.39 is 0 Å². The lowest BCUT2D eigenvalue weighted by Crippen LogP contribution is -2.14. The Bertz CT molecular complexity index is 1000. The van der Waals surface area contributed by atoms with E-state index in [1.807, 2.05) is 61.5 Å². The largest absolute Gasteiger partial charge is 0.322 e. The minimum atomic E-state index is -0.139. The highest BCUT2D eigenvalue weighted by Gasteiger charge is 2.09. The summed E-state index contributed by atoms with van der Waals surface area (Å²) in [6.07, 6.45) is 2.52. The molecule has 126 valence electrons. The van der Waals surface area contributed by atoms with Gasteiger partial charge in [-0.15, -0.1) is 0 Å². The number of hydrogen-bond acceptors (Lipinski definition) is 2. The average molecular weight is 332 g/mol. The fourth-order valence-electron chi connectivity index (χ4n) is 2.68. The first-order valence-corrected chi connectivity index (χ1v) is 8.27. The number of hydrogen-bond donors (Lipinski definition) is 2. The maximum atomic E-state index is 12.6. The monoisotopic (exact) mass is 332 g/mol. The van der Waals surface area contributed by atoms with Crippen molar-refractivity contribution in [1.82, 2.24) is 4.98 Å². The molecule has 25 heavy (non-hydrogen) atoms. The Hall–Kier alpha value is -3.14. The van der Waals surface area contributed by atoms with Crippen LogP contribution in [0, 0.1) is 6.92 Å². The molecule has 3 rings (SSSR count). The summed E-state index contributed by atoms with van der Waals surface area (Å²) in [6.45, 7) is 3.73. The number of nitrogens with one attached hydrogen (secondary N) is 2. The highest BCUT2D eigenvalue weighted by molar-refractivity contribution is 6.07. The van der Waals surface area contributed by atoms with Crippen LogP contribution in [0.1, 0.15) is 24.5 Å². The van der Waals surface area contributed by atoms with Gasteiger partial charge in [-0.2, -0.15) is 0 Å². The molecule has 0 fully saturated rings. The normalized spacial score (nSPS) is 11.5. The van der Waals surface area contributed by atoms with Crippen molar-refractivity contribution in [3.63, 3.8) is 0 Å². The molecule has 0 spiro atoms. The molecule has 0 saturated heterocycles. The number of fused-ring (bicyclic) bond motifs is 1. The number of anilines is 1. The van der Waals surface area contributed by atoms with E-state index >= 15 is 0 Å². The number of pyridine rings is 1. The minimum Gasteiger partial charge on any atom is -0.322 e. The van der Waals surface area contributed by atoms with Crippen molar-refractivity contribution in [1.29, 1.82) is 0 Å². The van der Waals surface area contributed by atoms with Gasteiger partial charge in [-0.25, -0.2) is 0 Å². The summed E-state index contributed by atoms with van der Waals surface area (Å²) in [5.74, 6) is -0.139. The van der Waals surface area contributed by atoms with Crippen LogP contribution in [0.3, 0.4) is 0 Å². The van der Waals surface area contributed by atoms with E-state index in [4.69, 9.17) is 0 Å². The van der Waals surface area contributed by atoms with Crippen LogP contribution in [0.25, 0.3) is 17.0 Å². The van der Waals surface area contributed by atoms with Crippen LogP contribution in [0.4, 0.5) is 5.69 Å². The van der Waals surface area contributed by atoms with Gasteiger partial charge in [-0.05, 0) is 48.6 Å². The number of aromatic nitrogens is 1. The van der Waals surface area contributed by atoms with Crippen LogP contribution >= 0.6 is 0 Å². The summed E-state index contributed by atoms with van der Waals surface area (Å²) in [6, 6.07) is 17.1. The van der Waals surface area contributed by atoms with Crippen LogP contribution in [0.2, 0.25) is 0 Å². The lowest BCUT2D eigenvalue weighted by molar-refractivity contribution is -0.112. The predicted molar refractivity (Wildman–Crippen MR) is 103 cm³/mol. The Labute approximate surface area is 146 Å². The van der Waals surface area contributed by atoms with E-state index in [1.165, 1.54) is 0 Å². The molecule has 0 atom stereocenters. The van der Waals surface area contributed by atoms with Gasteiger partial charge in [-0.1, -0.05) is 43.3 Å². The number of carbonyl (C=O) groups excluding carboxylic acids is 1. The topological polar surface area (TPSA) is 62.0 Å².